The van der Waals surface area contributed by atoms with Crippen LogP contribution in [0.1, 0.15) is 11.1 Å². The molecule has 2 rings (SSSR count). The highest BCUT2D eigenvalue weighted by molar-refractivity contribution is 7.95. The minimum absolute atomic E-state index is 0.0760. The Morgan fingerprint density at radius 2 is 1.67 bits per heavy atom. The Labute approximate surface area is 123 Å². The lowest BCUT2D eigenvalue weighted by Crippen LogP contribution is -2.03. The number of allylic oxidation sites excluding steroid dienone is 1. The quantitative estimate of drug-likeness (QED) is 0.884. The molecule has 4 nitrogen and oxygen atoms in total. The zero-order chi connectivity index (χ0) is 15.5. The van der Waals surface area contributed by atoms with Gasteiger partial charge in [-0.3, -0.25) is 0 Å². The Morgan fingerprint density at radius 1 is 1.10 bits per heavy atom. The summed E-state index contributed by atoms with van der Waals surface area (Å²) in [6.07, 6.45) is 1.29. The second-order valence-corrected chi connectivity index (χ2v) is 6.45. The van der Waals surface area contributed by atoms with Crippen molar-refractivity contribution in [2.45, 2.75) is 11.8 Å². The number of hydrogen-bond donors (Lipinski definition) is 1. The molecule has 106 valence electrons. The van der Waals surface area contributed by atoms with Crippen molar-refractivity contribution in [3.63, 3.8) is 0 Å². The van der Waals surface area contributed by atoms with Crippen molar-refractivity contribution in [3.8, 4) is 11.8 Å². The fourth-order valence-corrected chi connectivity index (χ4v) is 2.90. The largest absolute Gasteiger partial charge is 0.508 e. The van der Waals surface area contributed by atoms with E-state index in [1.807, 2.05) is 6.92 Å². The Bertz CT molecular complexity index is 811. The first kappa shape index (κ1) is 14.8. The van der Waals surface area contributed by atoms with Crippen LogP contribution in [0.15, 0.2) is 58.3 Å². The lowest BCUT2D eigenvalue weighted by Gasteiger charge is -2.04. The molecule has 0 amide bonds. The number of phenols is 1. The van der Waals surface area contributed by atoms with E-state index in [0.717, 1.165) is 5.56 Å². The summed E-state index contributed by atoms with van der Waals surface area (Å²) in [6.45, 7) is 1.86. The molecule has 2 aromatic carbocycles. The van der Waals surface area contributed by atoms with E-state index >= 15 is 0 Å². The van der Waals surface area contributed by atoms with Gasteiger partial charge in [-0.25, -0.2) is 8.42 Å². The van der Waals surface area contributed by atoms with Crippen LogP contribution < -0.4 is 0 Å². The molecule has 0 saturated carbocycles. The van der Waals surface area contributed by atoms with Crippen molar-refractivity contribution in [2.75, 3.05) is 0 Å². The summed E-state index contributed by atoms with van der Waals surface area (Å²) in [5, 5.41) is 18.4. The Morgan fingerprint density at radius 3 is 2.19 bits per heavy atom. The third-order valence-electron chi connectivity index (χ3n) is 2.92. The summed E-state index contributed by atoms with van der Waals surface area (Å²) in [5.74, 6) is 0.0760. The fraction of sp³-hybridized carbons (Fsp3) is 0.0625. The third kappa shape index (κ3) is 3.30. The second-order valence-electron chi connectivity index (χ2n) is 4.53. The molecule has 0 fully saturated rings. The van der Waals surface area contributed by atoms with Crippen LogP contribution in [0.3, 0.4) is 0 Å². The second kappa shape index (κ2) is 5.81. The number of rotatable bonds is 3. The van der Waals surface area contributed by atoms with Crippen LogP contribution >= 0.6 is 0 Å². The summed E-state index contributed by atoms with van der Waals surface area (Å²) in [4.78, 5) is -0.253. The standard InChI is InChI=1S/C16H13NO3S/c1-12-2-8-15(9-3-12)21(19,20)16(11-17)10-13-4-6-14(18)7-5-13/h2-10,18H,1H3/b16-10+. The first-order valence-electron chi connectivity index (χ1n) is 6.16. The van der Waals surface area contributed by atoms with E-state index in [1.54, 1.807) is 18.2 Å². The van der Waals surface area contributed by atoms with Crippen LogP contribution in [0.25, 0.3) is 6.08 Å². The van der Waals surface area contributed by atoms with E-state index < -0.39 is 9.84 Å². The van der Waals surface area contributed by atoms with E-state index in [1.165, 1.54) is 42.5 Å². The van der Waals surface area contributed by atoms with Crippen molar-refractivity contribution >= 4 is 15.9 Å². The Kier molecular flexibility index (Phi) is 4.10. The molecule has 0 radical (unpaired) electrons. The minimum atomic E-state index is -3.84. The summed E-state index contributed by atoms with van der Waals surface area (Å²) in [7, 11) is -3.84. The molecule has 0 aliphatic carbocycles. The van der Waals surface area contributed by atoms with E-state index in [0.29, 0.717) is 5.56 Å². The number of nitrogens with zero attached hydrogens (tertiary/aromatic N) is 1. The number of aryl methyl sites for hydroxylation is 1. The lowest BCUT2D eigenvalue weighted by molar-refractivity contribution is 0.475. The van der Waals surface area contributed by atoms with Crippen LogP contribution in [0.4, 0.5) is 0 Å². The number of phenolic OH excluding ortho intramolecular Hbond substituents is 1. The average Bonchev–Trinajstić information content (AvgIpc) is 2.47. The van der Waals surface area contributed by atoms with Crippen LogP contribution in [-0.4, -0.2) is 13.5 Å². The van der Waals surface area contributed by atoms with Crippen molar-refractivity contribution < 1.29 is 13.5 Å². The van der Waals surface area contributed by atoms with Gasteiger partial charge in [0.15, 0.2) is 0 Å². The maximum Gasteiger partial charge on any atom is 0.216 e. The third-order valence-corrected chi connectivity index (χ3v) is 4.60. The molecule has 0 aliphatic rings. The molecule has 21 heavy (non-hydrogen) atoms. The highest BCUT2D eigenvalue weighted by Gasteiger charge is 2.20. The molecule has 0 unspecified atom stereocenters. The Hall–Kier alpha value is -2.58. The molecule has 5 heteroatoms. The molecule has 0 aliphatic heterocycles. The predicted molar refractivity (Wildman–Crippen MR) is 80.1 cm³/mol. The molecule has 0 saturated heterocycles. The zero-order valence-electron chi connectivity index (χ0n) is 11.3. The normalized spacial score (nSPS) is 11.9. The zero-order valence-corrected chi connectivity index (χ0v) is 12.1. The lowest BCUT2D eigenvalue weighted by atomic mass is 10.2. The van der Waals surface area contributed by atoms with Gasteiger partial charge in [-0.2, -0.15) is 5.26 Å². The number of hydrogen-bond acceptors (Lipinski definition) is 4. The molecule has 1 N–H and O–H groups in total. The predicted octanol–water partition coefficient (Wildman–Crippen LogP) is 3.04. The average molecular weight is 299 g/mol. The molecule has 0 spiro atoms. The van der Waals surface area contributed by atoms with E-state index in [-0.39, 0.29) is 15.6 Å². The molecule has 0 heterocycles. The van der Waals surface area contributed by atoms with Crippen LogP contribution in [0.2, 0.25) is 0 Å². The molecule has 0 bridgehead atoms. The van der Waals surface area contributed by atoms with Gasteiger partial charge in [0.25, 0.3) is 0 Å². The van der Waals surface area contributed by atoms with Crippen molar-refractivity contribution in [2.24, 2.45) is 0 Å². The first-order chi connectivity index (χ1) is 9.93. The molecule has 0 aromatic heterocycles. The van der Waals surface area contributed by atoms with Crippen LogP contribution in [-0.2, 0) is 9.84 Å². The maximum atomic E-state index is 12.4. The fourth-order valence-electron chi connectivity index (χ4n) is 1.74. The van der Waals surface area contributed by atoms with Crippen LogP contribution in [0.5, 0.6) is 5.75 Å². The molecule has 0 atom stereocenters. The van der Waals surface area contributed by atoms with Crippen molar-refractivity contribution in [1.82, 2.24) is 0 Å². The van der Waals surface area contributed by atoms with Crippen LogP contribution in [0, 0.1) is 18.3 Å². The van der Waals surface area contributed by atoms with Gasteiger partial charge in [0.1, 0.15) is 16.7 Å². The topological polar surface area (TPSA) is 78.2 Å². The minimum Gasteiger partial charge on any atom is -0.508 e. The van der Waals surface area contributed by atoms with E-state index in [2.05, 4.69) is 0 Å². The number of nitriles is 1. The summed E-state index contributed by atoms with van der Waals surface area (Å²) >= 11 is 0. The van der Waals surface area contributed by atoms with E-state index in [4.69, 9.17) is 5.26 Å². The van der Waals surface area contributed by atoms with E-state index in [9.17, 15) is 13.5 Å². The van der Waals surface area contributed by atoms with Crippen molar-refractivity contribution in [1.29, 1.82) is 5.26 Å². The number of sulfone groups is 1. The summed E-state index contributed by atoms with van der Waals surface area (Å²) in [5.41, 5.74) is 1.47. The summed E-state index contributed by atoms with van der Waals surface area (Å²) in [6, 6.07) is 14.0. The van der Waals surface area contributed by atoms with Gasteiger partial charge >= 0.3 is 0 Å². The monoisotopic (exact) mass is 299 g/mol. The van der Waals surface area contributed by atoms with Crippen molar-refractivity contribution in [3.05, 3.63) is 64.6 Å². The van der Waals surface area contributed by atoms with Gasteiger partial charge in [0.05, 0.1) is 4.90 Å². The van der Waals surface area contributed by atoms with Gasteiger partial charge < -0.3 is 5.11 Å². The van der Waals surface area contributed by atoms with Gasteiger partial charge in [0, 0.05) is 0 Å². The molecule has 2 aromatic rings. The highest BCUT2D eigenvalue weighted by Crippen LogP contribution is 2.22. The SMILES string of the molecule is Cc1ccc(S(=O)(=O)/C(C#N)=C/c2ccc(O)cc2)cc1. The van der Waals surface area contributed by atoms with Gasteiger partial charge in [-0.15, -0.1) is 0 Å². The van der Waals surface area contributed by atoms with Gasteiger partial charge in [-0.1, -0.05) is 29.8 Å². The summed E-state index contributed by atoms with van der Waals surface area (Å²) < 4.78 is 24.8. The maximum absolute atomic E-state index is 12.4. The van der Waals surface area contributed by atoms with Gasteiger partial charge in [-0.05, 0) is 42.8 Å². The number of aromatic hydroxyl groups is 1. The number of benzene rings is 2. The molecular formula is C16H13NO3S. The highest BCUT2D eigenvalue weighted by atomic mass is 32.2. The van der Waals surface area contributed by atoms with Gasteiger partial charge in [0.2, 0.25) is 9.84 Å². The smallest absolute Gasteiger partial charge is 0.216 e. The first-order valence-corrected chi connectivity index (χ1v) is 7.64. The molecular weight excluding hydrogens is 286 g/mol. The Balaban J connectivity index is 2.47.